The Labute approximate surface area is 112 Å². The second kappa shape index (κ2) is 6.28. The Bertz CT molecular complexity index is 627. The summed E-state index contributed by atoms with van der Waals surface area (Å²) in [7, 11) is -6.87. The van der Waals surface area contributed by atoms with Crippen LogP contribution in [0.25, 0.3) is 0 Å². The Morgan fingerprint density at radius 1 is 1.32 bits per heavy atom. The minimum atomic E-state index is -3.77. The van der Waals surface area contributed by atoms with E-state index in [4.69, 9.17) is 5.84 Å². The van der Waals surface area contributed by atoms with Gasteiger partial charge in [0.25, 0.3) is 0 Å². The summed E-state index contributed by atoms with van der Waals surface area (Å²) >= 11 is 0. The summed E-state index contributed by atoms with van der Waals surface area (Å²) in [6.07, 6.45) is 3.86. The number of sulfonamides is 1. The molecule has 108 valence electrons. The first kappa shape index (κ1) is 15.8. The van der Waals surface area contributed by atoms with Gasteiger partial charge in [0, 0.05) is 25.2 Å². The molecular weight excluding hydrogens is 292 g/mol. The van der Waals surface area contributed by atoms with Crippen molar-refractivity contribution in [3.63, 3.8) is 0 Å². The number of nitrogens with two attached hydrogens (primary N) is 1. The molecule has 1 heterocycles. The van der Waals surface area contributed by atoms with Gasteiger partial charge >= 0.3 is 0 Å². The molecular formula is C9H16N4O4S2. The minimum Gasteiger partial charge on any atom is -0.323 e. The van der Waals surface area contributed by atoms with E-state index in [9.17, 15) is 16.8 Å². The number of rotatable bonds is 7. The Balaban J connectivity index is 2.71. The number of nitrogens with zero attached hydrogens (tertiary/aromatic N) is 1. The lowest BCUT2D eigenvalue weighted by Crippen LogP contribution is -2.27. The van der Waals surface area contributed by atoms with Crippen molar-refractivity contribution in [1.29, 1.82) is 0 Å². The van der Waals surface area contributed by atoms with Gasteiger partial charge in [0.1, 0.15) is 14.7 Å². The average Bonchev–Trinajstić information content (AvgIpc) is 2.33. The quantitative estimate of drug-likeness (QED) is 0.337. The highest BCUT2D eigenvalue weighted by Gasteiger charge is 2.18. The van der Waals surface area contributed by atoms with Crippen LogP contribution in [0.2, 0.25) is 0 Å². The Morgan fingerprint density at radius 2 is 2.00 bits per heavy atom. The monoisotopic (exact) mass is 308 g/mol. The molecule has 0 amide bonds. The zero-order chi connectivity index (χ0) is 14.5. The van der Waals surface area contributed by atoms with Crippen LogP contribution in [-0.4, -0.2) is 40.4 Å². The third-order valence-corrected chi connectivity index (χ3v) is 4.73. The van der Waals surface area contributed by atoms with Gasteiger partial charge in [0.15, 0.2) is 0 Å². The van der Waals surface area contributed by atoms with Gasteiger partial charge in [0.05, 0.1) is 11.4 Å². The fourth-order valence-electron chi connectivity index (χ4n) is 1.33. The highest BCUT2D eigenvalue weighted by atomic mass is 32.2. The molecule has 0 bridgehead atoms. The van der Waals surface area contributed by atoms with Gasteiger partial charge in [-0.1, -0.05) is 0 Å². The normalized spacial score (nSPS) is 12.3. The fourth-order valence-corrected chi connectivity index (χ4v) is 3.19. The van der Waals surface area contributed by atoms with Gasteiger partial charge in [-0.25, -0.2) is 21.6 Å². The van der Waals surface area contributed by atoms with Crippen molar-refractivity contribution in [2.24, 2.45) is 5.84 Å². The highest BCUT2D eigenvalue weighted by molar-refractivity contribution is 7.90. The summed E-state index contributed by atoms with van der Waals surface area (Å²) < 4.78 is 48.0. The van der Waals surface area contributed by atoms with Gasteiger partial charge in [-0.3, -0.25) is 10.8 Å². The molecule has 19 heavy (non-hydrogen) atoms. The van der Waals surface area contributed by atoms with Gasteiger partial charge in [-0.05, 0) is 12.5 Å². The van der Waals surface area contributed by atoms with Gasteiger partial charge in [0.2, 0.25) is 10.0 Å². The smallest absolute Gasteiger partial charge is 0.244 e. The second-order valence-corrected chi connectivity index (χ2v) is 7.89. The van der Waals surface area contributed by atoms with Gasteiger partial charge < -0.3 is 5.43 Å². The third kappa shape index (κ3) is 5.11. The molecule has 0 saturated heterocycles. The van der Waals surface area contributed by atoms with E-state index in [2.05, 4.69) is 15.1 Å². The molecule has 0 saturated carbocycles. The summed E-state index contributed by atoms with van der Waals surface area (Å²) in [5.41, 5.74) is 2.47. The lowest BCUT2D eigenvalue weighted by molar-refractivity contribution is 0.577. The van der Waals surface area contributed by atoms with E-state index in [0.717, 1.165) is 12.5 Å². The number of aromatic nitrogens is 1. The largest absolute Gasteiger partial charge is 0.323 e. The zero-order valence-corrected chi connectivity index (χ0v) is 12.0. The lowest BCUT2D eigenvalue weighted by atomic mass is 10.4. The molecule has 0 aliphatic heterocycles. The summed E-state index contributed by atoms with van der Waals surface area (Å²) in [6, 6.07) is 1.42. The number of hydrogen-bond donors (Lipinski definition) is 3. The molecule has 0 fully saturated rings. The van der Waals surface area contributed by atoms with Crippen LogP contribution in [0.1, 0.15) is 6.42 Å². The van der Waals surface area contributed by atoms with Crippen LogP contribution >= 0.6 is 0 Å². The number of nitrogens with one attached hydrogen (secondary N) is 2. The van der Waals surface area contributed by atoms with Crippen molar-refractivity contribution in [3.05, 3.63) is 18.5 Å². The molecule has 0 atom stereocenters. The molecule has 0 spiro atoms. The molecule has 0 unspecified atom stereocenters. The van der Waals surface area contributed by atoms with Crippen LogP contribution in [0, 0.1) is 0 Å². The van der Waals surface area contributed by atoms with Crippen LogP contribution in [0.4, 0.5) is 5.69 Å². The summed E-state index contributed by atoms with van der Waals surface area (Å²) in [5.74, 6) is 5.13. The lowest BCUT2D eigenvalue weighted by Gasteiger charge is -2.10. The minimum absolute atomic E-state index is 0.0221. The van der Waals surface area contributed by atoms with Crippen molar-refractivity contribution >= 4 is 25.5 Å². The van der Waals surface area contributed by atoms with Crippen LogP contribution in [0.5, 0.6) is 0 Å². The van der Waals surface area contributed by atoms with E-state index >= 15 is 0 Å². The van der Waals surface area contributed by atoms with Crippen LogP contribution in [0.3, 0.4) is 0 Å². The second-order valence-electron chi connectivity index (χ2n) is 3.90. The van der Waals surface area contributed by atoms with Gasteiger partial charge in [-0.2, -0.15) is 0 Å². The molecule has 1 aromatic heterocycles. The standard InChI is InChI=1S/C9H16N4O4S2/c1-18(14,15)6-2-4-12-19(16,17)9-7-11-5-3-8(9)13-10/h3,5,7,12H,2,4,6,10H2,1H3,(H,11,13). The number of hydrogen-bond acceptors (Lipinski definition) is 7. The van der Waals surface area contributed by atoms with Gasteiger partial charge in [-0.15, -0.1) is 0 Å². The molecule has 10 heteroatoms. The molecule has 1 aromatic rings. The number of sulfone groups is 1. The van der Waals surface area contributed by atoms with E-state index in [-0.39, 0.29) is 29.3 Å². The number of pyridine rings is 1. The van der Waals surface area contributed by atoms with Crippen LogP contribution in [-0.2, 0) is 19.9 Å². The van der Waals surface area contributed by atoms with E-state index in [1.54, 1.807) is 0 Å². The first-order valence-electron chi connectivity index (χ1n) is 5.34. The Hall–Kier alpha value is -1.23. The summed E-state index contributed by atoms with van der Waals surface area (Å²) in [6.45, 7) is 0.0221. The average molecular weight is 308 g/mol. The first-order chi connectivity index (χ1) is 8.76. The molecule has 0 aromatic carbocycles. The Kier molecular flexibility index (Phi) is 5.23. The number of anilines is 1. The van der Waals surface area contributed by atoms with E-state index < -0.39 is 19.9 Å². The molecule has 0 aliphatic rings. The maximum atomic E-state index is 11.9. The maximum Gasteiger partial charge on any atom is 0.244 e. The van der Waals surface area contributed by atoms with Crippen LogP contribution in [0.15, 0.2) is 23.4 Å². The predicted molar refractivity (Wildman–Crippen MR) is 71.6 cm³/mol. The Morgan fingerprint density at radius 3 is 2.58 bits per heavy atom. The number of nitrogen functional groups attached to an aromatic ring is 1. The maximum absolute atomic E-state index is 11.9. The third-order valence-electron chi connectivity index (χ3n) is 2.21. The zero-order valence-electron chi connectivity index (χ0n) is 10.3. The van der Waals surface area contributed by atoms with E-state index in [1.807, 2.05) is 0 Å². The first-order valence-corrected chi connectivity index (χ1v) is 8.88. The summed E-state index contributed by atoms with van der Waals surface area (Å²) in [5, 5.41) is 0. The van der Waals surface area contributed by atoms with Crippen molar-refractivity contribution in [2.45, 2.75) is 11.3 Å². The SMILES string of the molecule is CS(=O)(=O)CCCNS(=O)(=O)c1cnccc1NN. The van der Waals surface area contributed by atoms with Crippen molar-refractivity contribution < 1.29 is 16.8 Å². The molecule has 4 N–H and O–H groups in total. The van der Waals surface area contributed by atoms with E-state index in [0.29, 0.717) is 0 Å². The molecule has 1 rings (SSSR count). The van der Waals surface area contributed by atoms with Crippen molar-refractivity contribution in [3.8, 4) is 0 Å². The van der Waals surface area contributed by atoms with Crippen molar-refractivity contribution in [1.82, 2.24) is 9.71 Å². The van der Waals surface area contributed by atoms with E-state index in [1.165, 1.54) is 12.3 Å². The predicted octanol–water partition coefficient (Wildman–Crippen LogP) is -0.920. The summed E-state index contributed by atoms with van der Waals surface area (Å²) in [4.78, 5) is 3.63. The topological polar surface area (TPSA) is 131 Å². The highest BCUT2D eigenvalue weighted by Crippen LogP contribution is 2.17. The molecule has 0 aliphatic carbocycles. The molecule has 0 radical (unpaired) electrons. The molecule has 8 nitrogen and oxygen atoms in total. The fraction of sp³-hybridized carbons (Fsp3) is 0.444. The number of hydrazine groups is 1. The van der Waals surface area contributed by atoms with Crippen molar-refractivity contribution in [2.75, 3.05) is 24.0 Å². The van der Waals surface area contributed by atoms with Crippen LogP contribution < -0.4 is 16.0 Å².